The first kappa shape index (κ1) is 31.4. The van der Waals surface area contributed by atoms with Crippen molar-refractivity contribution in [1.82, 2.24) is 0 Å². The Hall–Kier alpha value is -0.820. The van der Waals surface area contributed by atoms with Crippen LogP contribution < -0.4 is 9.46 Å². The predicted molar refractivity (Wildman–Crippen MR) is 140 cm³/mol. The van der Waals surface area contributed by atoms with Crippen molar-refractivity contribution in [1.29, 1.82) is 0 Å². The fraction of sp³-hybridized carbons (Fsp3) is 0.821. The van der Waals surface area contributed by atoms with Gasteiger partial charge < -0.3 is 23.4 Å². The molecule has 1 aliphatic heterocycles. The van der Waals surface area contributed by atoms with Gasteiger partial charge in [0.25, 0.3) is 7.82 Å². The Bertz CT molecular complexity index is 692. The molecule has 1 aromatic rings. The van der Waals surface area contributed by atoms with Crippen molar-refractivity contribution in [3.63, 3.8) is 0 Å². The Kier molecular flexibility index (Phi) is 17.6. The third-order valence-electron chi connectivity index (χ3n) is 6.65. The van der Waals surface area contributed by atoms with Crippen LogP contribution >= 0.6 is 7.82 Å². The molecule has 208 valence electrons. The van der Waals surface area contributed by atoms with Gasteiger partial charge in [-0.15, -0.1) is 0 Å². The van der Waals surface area contributed by atoms with Crippen LogP contribution in [0.3, 0.4) is 0 Å². The van der Waals surface area contributed by atoms with Gasteiger partial charge in [0, 0.05) is 12.1 Å². The zero-order valence-corrected chi connectivity index (χ0v) is 23.4. The Balaban J connectivity index is 1.36. The topological polar surface area (TPSA) is 80.9 Å². The fourth-order valence-corrected chi connectivity index (χ4v) is 5.21. The molecule has 0 saturated carbocycles. The van der Waals surface area contributed by atoms with Gasteiger partial charge >= 0.3 is 0 Å². The van der Waals surface area contributed by atoms with Crippen LogP contribution in [0.4, 0.5) is 0 Å². The Morgan fingerprint density at radius 2 is 1.39 bits per heavy atom. The lowest BCUT2D eigenvalue weighted by Crippen LogP contribution is -2.35. The van der Waals surface area contributed by atoms with Crippen LogP contribution in [-0.2, 0) is 29.6 Å². The second-order valence-electron chi connectivity index (χ2n) is 9.95. The molecule has 0 aromatic carbocycles. The molecule has 3 unspecified atom stereocenters. The monoisotopic (exact) mass is 527 g/mol. The maximum atomic E-state index is 12.0. The lowest BCUT2D eigenvalue weighted by atomic mass is 10.0. The zero-order valence-electron chi connectivity index (χ0n) is 22.5. The molecule has 8 heteroatoms. The van der Waals surface area contributed by atoms with Gasteiger partial charge in [-0.05, 0) is 12.8 Å². The number of phosphoric acid groups is 1. The van der Waals surface area contributed by atoms with Crippen LogP contribution in [0.15, 0.2) is 30.6 Å². The molecule has 7 nitrogen and oxygen atoms in total. The maximum Gasteiger partial charge on any atom is 0.268 e. The van der Waals surface area contributed by atoms with E-state index in [1.807, 2.05) is 35.2 Å². The standard InChI is InChI=1S/C28H50NO6P/c1-2-3-4-5-6-7-8-9-10-11-12-13-14-15-17-20-28-32-25-27(35-28)26-34-36(30,31)33-24-23-29-21-18-16-19-22-29/h16,18-19,21-22,27-28H,2-15,17,20,23-26H2,1H3. The summed E-state index contributed by atoms with van der Waals surface area (Å²) in [6, 6.07) is 5.65. The van der Waals surface area contributed by atoms with E-state index in [4.69, 9.17) is 18.5 Å². The van der Waals surface area contributed by atoms with Gasteiger partial charge in [-0.2, -0.15) is 0 Å². The van der Waals surface area contributed by atoms with Gasteiger partial charge in [0.1, 0.15) is 12.7 Å². The van der Waals surface area contributed by atoms with E-state index < -0.39 is 7.82 Å². The van der Waals surface area contributed by atoms with Crippen LogP contribution in [0.25, 0.3) is 0 Å². The van der Waals surface area contributed by atoms with Crippen molar-refractivity contribution in [2.75, 3.05) is 19.8 Å². The lowest BCUT2D eigenvalue weighted by Gasteiger charge is -2.23. The minimum Gasteiger partial charge on any atom is -0.756 e. The van der Waals surface area contributed by atoms with E-state index in [-0.39, 0.29) is 25.6 Å². The van der Waals surface area contributed by atoms with Gasteiger partial charge in [0.2, 0.25) is 0 Å². The van der Waals surface area contributed by atoms with E-state index in [0.717, 1.165) is 12.8 Å². The van der Waals surface area contributed by atoms with E-state index in [2.05, 4.69) is 6.92 Å². The van der Waals surface area contributed by atoms with Crippen molar-refractivity contribution in [2.24, 2.45) is 0 Å². The van der Waals surface area contributed by atoms with Crippen LogP contribution in [0.5, 0.6) is 0 Å². The van der Waals surface area contributed by atoms with E-state index in [0.29, 0.717) is 13.2 Å². The van der Waals surface area contributed by atoms with E-state index in [9.17, 15) is 9.46 Å². The van der Waals surface area contributed by atoms with Gasteiger partial charge in [0.15, 0.2) is 25.2 Å². The number of aromatic nitrogens is 1. The highest BCUT2D eigenvalue weighted by Crippen LogP contribution is 2.38. The first-order valence-electron chi connectivity index (χ1n) is 14.4. The molecule has 1 fully saturated rings. The largest absolute Gasteiger partial charge is 0.756 e. The summed E-state index contributed by atoms with van der Waals surface area (Å²) in [5, 5.41) is 0. The summed E-state index contributed by atoms with van der Waals surface area (Å²) in [7, 11) is -4.35. The number of unbranched alkanes of at least 4 members (excludes halogenated alkanes) is 14. The molecule has 1 aromatic heterocycles. The Morgan fingerprint density at radius 1 is 0.833 bits per heavy atom. The SMILES string of the molecule is CCCCCCCCCCCCCCCCCC1OCC(COP(=O)([O-])OCC[n+]2ccccc2)O1. The molecule has 2 heterocycles. The molecule has 0 amide bonds. The highest BCUT2D eigenvalue weighted by atomic mass is 31.2. The van der Waals surface area contributed by atoms with Crippen molar-refractivity contribution in [3.05, 3.63) is 30.6 Å². The molecule has 3 atom stereocenters. The van der Waals surface area contributed by atoms with Gasteiger partial charge in [0.05, 0.1) is 13.2 Å². The highest BCUT2D eigenvalue weighted by molar-refractivity contribution is 7.45. The first-order valence-corrected chi connectivity index (χ1v) is 15.9. The molecule has 1 saturated heterocycles. The maximum absolute atomic E-state index is 12.0. The van der Waals surface area contributed by atoms with Crippen molar-refractivity contribution in [2.45, 2.75) is 129 Å². The predicted octanol–water partition coefficient (Wildman–Crippen LogP) is 6.48. The molecular weight excluding hydrogens is 477 g/mol. The third-order valence-corrected chi connectivity index (χ3v) is 7.61. The molecular formula is C28H50NO6P. The fourth-order valence-electron chi connectivity index (χ4n) is 4.48. The van der Waals surface area contributed by atoms with Crippen LogP contribution in [0.1, 0.15) is 110 Å². The summed E-state index contributed by atoms with van der Waals surface area (Å²) in [4.78, 5) is 12.0. The van der Waals surface area contributed by atoms with Crippen LogP contribution in [0, 0.1) is 0 Å². The summed E-state index contributed by atoms with van der Waals surface area (Å²) in [6.07, 6.45) is 24.0. The third kappa shape index (κ3) is 16.1. The van der Waals surface area contributed by atoms with E-state index in [1.54, 1.807) is 0 Å². The minimum atomic E-state index is -4.35. The van der Waals surface area contributed by atoms with E-state index in [1.165, 1.54) is 89.9 Å². The van der Waals surface area contributed by atoms with Gasteiger partial charge in [-0.25, -0.2) is 4.57 Å². The molecule has 0 bridgehead atoms. The molecule has 36 heavy (non-hydrogen) atoms. The molecule has 0 N–H and O–H groups in total. The van der Waals surface area contributed by atoms with Crippen molar-refractivity contribution >= 4 is 7.82 Å². The molecule has 1 aliphatic rings. The molecule has 0 aliphatic carbocycles. The number of rotatable bonds is 23. The Labute approximate surface area is 219 Å². The smallest absolute Gasteiger partial charge is 0.268 e. The summed E-state index contributed by atoms with van der Waals surface area (Å²) >= 11 is 0. The van der Waals surface area contributed by atoms with Gasteiger partial charge in [-0.1, -0.05) is 103 Å². The first-order chi connectivity index (χ1) is 17.6. The second-order valence-corrected chi connectivity index (χ2v) is 11.4. The number of hydrogen-bond donors (Lipinski definition) is 0. The van der Waals surface area contributed by atoms with Crippen LogP contribution in [-0.4, -0.2) is 32.2 Å². The quantitative estimate of drug-likeness (QED) is 0.0921. The van der Waals surface area contributed by atoms with Crippen molar-refractivity contribution < 1.29 is 32.5 Å². The number of pyridine rings is 1. The summed E-state index contributed by atoms with van der Waals surface area (Å²) in [5.41, 5.74) is 0. The van der Waals surface area contributed by atoms with E-state index >= 15 is 0 Å². The summed E-state index contributed by atoms with van der Waals surface area (Å²) in [5.74, 6) is 0. The molecule has 2 rings (SSSR count). The molecule has 0 radical (unpaired) electrons. The average Bonchev–Trinajstić information content (AvgIpc) is 3.34. The van der Waals surface area contributed by atoms with Gasteiger partial charge in [-0.3, -0.25) is 4.57 Å². The average molecular weight is 528 g/mol. The number of phosphoric ester groups is 1. The Morgan fingerprint density at radius 3 is 1.97 bits per heavy atom. The number of nitrogens with zero attached hydrogens (tertiary/aromatic N) is 1. The molecule has 0 spiro atoms. The lowest BCUT2D eigenvalue weighted by molar-refractivity contribution is -0.697. The van der Waals surface area contributed by atoms with Crippen LogP contribution in [0.2, 0.25) is 0 Å². The minimum absolute atomic E-state index is 0.0271. The van der Waals surface area contributed by atoms with Crippen molar-refractivity contribution in [3.8, 4) is 0 Å². The number of ether oxygens (including phenoxy) is 2. The summed E-state index contributed by atoms with van der Waals surface area (Å²) < 4.78 is 35.2. The zero-order chi connectivity index (χ0) is 25.7. The highest BCUT2D eigenvalue weighted by Gasteiger charge is 2.27. The summed E-state index contributed by atoms with van der Waals surface area (Å²) in [6.45, 7) is 3.01. The normalized spacial score (nSPS) is 19.5. The number of hydrogen-bond acceptors (Lipinski definition) is 6. The second kappa shape index (κ2) is 20.2.